The van der Waals surface area contributed by atoms with Gasteiger partial charge in [0, 0.05) is 19.1 Å². The van der Waals surface area contributed by atoms with Gasteiger partial charge in [0.25, 0.3) is 0 Å². The van der Waals surface area contributed by atoms with Crippen LogP contribution in [0.3, 0.4) is 0 Å². The van der Waals surface area contributed by atoms with E-state index in [1.807, 2.05) is 0 Å². The van der Waals surface area contributed by atoms with Crippen molar-refractivity contribution in [2.24, 2.45) is 5.73 Å². The minimum Gasteiger partial charge on any atom is -0.387 e. The second-order valence-electron chi connectivity index (χ2n) is 4.94. The topological polar surface area (TPSA) is 99.3 Å². The number of piperidine rings is 1. The van der Waals surface area contributed by atoms with Gasteiger partial charge in [-0.3, -0.25) is 10.3 Å². The predicted octanol–water partition coefficient (Wildman–Crippen LogP) is -0.531. The third kappa shape index (κ3) is 3.65. The van der Waals surface area contributed by atoms with E-state index in [4.69, 9.17) is 11.1 Å². The van der Waals surface area contributed by atoms with Crippen LogP contribution in [0.2, 0.25) is 0 Å². The predicted molar refractivity (Wildman–Crippen MR) is 66.5 cm³/mol. The molecule has 0 atom stereocenters. The lowest BCUT2D eigenvalue weighted by molar-refractivity contribution is 0.231. The smallest absolute Gasteiger partial charge is 0.214 e. The standard InChI is InChI=1S/C10H20N4O2S/c11-10(12)7-14-5-3-8(4-6-14)13-17(15,16)9-1-2-9/h8-9,13H,1-7H2,(H3,11,12). The van der Waals surface area contributed by atoms with E-state index in [1.54, 1.807) is 0 Å². The van der Waals surface area contributed by atoms with Gasteiger partial charge in [0.1, 0.15) is 5.84 Å². The van der Waals surface area contributed by atoms with E-state index in [1.165, 1.54) is 0 Å². The van der Waals surface area contributed by atoms with Gasteiger partial charge < -0.3 is 5.73 Å². The Bertz CT molecular complexity index is 383. The molecule has 0 spiro atoms. The Morgan fingerprint density at radius 2 is 1.88 bits per heavy atom. The van der Waals surface area contributed by atoms with Crippen LogP contribution in [0, 0.1) is 5.41 Å². The maximum absolute atomic E-state index is 11.7. The molecule has 0 aromatic carbocycles. The Labute approximate surface area is 102 Å². The summed E-state index contributed by atoms with van der Waals surface area (Å²) in [5.41, 5.74) is 5.34. The SMILES string of the molecule is N=C(N)CN1CCC(NS(=O)(=O)C2CC2)CC1. The molecule has 2 aliphatic rings. The number of nitrogens with zero attached hydrogens (tertiary/aromatic N) is 1. The van der Waals surface area contributed by atoms with Crippen molar-refractivity contribution in [3.05, 3.63) is 0 Å². The Balaban J connectivity index is 1.77. The average molecular weight is 260 g/mol. The van der Waals surface area contributed by atoms with Crippen LogP contribution in [0.15, 0.2) is 0 Å². The van der Waals surface area contributed by atoms with Gasteiger partial charge in [-0.15, -0.1) is 0 Å². The zero-order valence-corrected chi connectivity index (χ0v) is 10.7. The number of amidine groups is 1. The monoisotopic (exact) mass is 260 g/mol. The minimum atomic E-state index is -3.06. The van der Waals surface area contributed by atoms with Crippen molar-refractivity contribution >= 4 is 15.9 Å². The summed E-state index contributed by atoms with van der Waals surface area (Å²) in [6.07, 6.45) is 3.22. The number of sulfonamides is 1. The molecule has 6 nitrogen and oxygen atoms in total. The molecule has 0 aromatic heterocycles. The van der Waals surface area contributed by atoms with Gasteiger partial charge in [0.2, 0.25) is 10.0 Å². The molecular formula is C10H20N4O2S. The molecule has 2 fully saturated rings. The highest BCUT2D eigenvalue weighted by molar-refractivity contribution is 7.90. The summed E-state index contributed by atoms with van der Waals surface area (Å²) < 4.78 is 26.3. The van der Waals surface area contributed by atoms with E-state index >= 15 is 0 Å². The minimum absolute atomic E-state index is 0.0591. The Morgan fingerprint density at radius 1 is 1.29 bits per heavy atom. The second kappa shape index (κ2) is 4.91. The maximum atomic E-state index is 11.7. The fraction of sp³-hybridized carbons (Fsp3) is 0.900. The molecule has 1 heterocycles. The van der Waals surface area contributed by atoms with Crippen molar-refractivity contribution in [3.63, 3.8) is 0 Å². The first kappa shape index (κ1) is 12.8. The molecule has 2 rings (SSSR count). The third-order valence-electron chi connectivity index (χ3n) is 3.28. The molecule has 1 aliphatic carbocycles. The Hall–Kier alpha value is -0.660. The summed E-state index contributed by atoms with van der Waals surface area (Å²) in [6, 6.07) is 0.0591. The molecule has 0 radical (unpaired) electrons. The van der Waals surface area contributed by atoms with Crippen LogP contribution in [-0.4, -0.2) is 50.1 Å². The number of rotatable bonds is 5. The lowest BCUT2D eigenvalue weighted by atomic mass is 10.1. The fourth-order valence-electron chi connectivity index (χ4n) is 2.16. The lowest BCUT2D eigenvalue weighted by Crippen LogP contribution is -2.47. The number of likely N-dealkylation sites (tertiary alicyclic amines) is 1. The molecule has 7 heteroatoms. The summed E-state index contributed by atoms with van der Waals surface area (Å²) in [7, 11) is -3.06. The molecule has 17 heavy (non-hydrogen) atoms. The van der Waals surface area contributed by atoms with Gasteiger partial charge in [-0.1, -0.05) is 0 Å². The quantitative estimate of drug-likeness (QED) is 0.457. The Kier molecular flexibility index (Phi) is 3.70. The van der Waals surface area contributed by atoms with Gasteiger partial charge in [-0.2, -0.15) is 0 Å². The second-order valence-corrected chi connectivity index (χ2v) is 6.93. The van der Waals surface area contributed by atoms with E-state index < -0.39 is 10.0 Å². The van der Waals surface area contributed by atoms with Crippen LogP contribution < -0.4 is 10.5 Å². The summed E-state index contributed by atoms with van der Waals surface area (Å²) >= 11 is 0. The first-order valence-electron chi connectivity index (χ1n) is 6.04. The highest BCUT2D eigenvalue weighted by Crippen LogP contribution is 2.28. The number of hydrogen-bond donors (Lipinski definition) is 3. The van der Waals surface area contributed by atoms with Crippen molar-refractivity contribution in [3.8, 4) is 0 Å². The molecule has 1 saturated carbocycles. The molecule has 98 valence electrons. The first-order valence-corrected chi connectivity index (χ1v) is 7.58. The summed E-state index contributed by atoms with van der Waals surface area (Å²) in [6.45, 7) is 2.09. The number of hydrogen-bond acceptors (Lipinski definition) is 4. The summed E-state index contributed by atoms with van der Waals surface area (Å²) in [5, 5.41) is 7.07. The highest BCUT2D eigenvalue weighted by Gasteiger charge is 2.37. The number of nitrogens with two attached hydrogens (primary N) is 1. The molecule has 0 bridgehead atoms. The molecule has 4 N–H and O–H groups in total. The highest BCUT2D eigenvalue weighted by atomic mass is 32.2. The Morgan fingerprint density at radius 3 is 2.35 bits per heavy atom. The van der Waals surface area contributed by atoms with Crippen LogP contribution in [0.4, 0.5) is 0 Å². The number of nitrogens with one attached hydrogen (secondary N) is 2. The molecule has 1 saturated heterocycles. The largest absolute Gasteiger partial charge is 0.387 e. The summed E-state index contributed by atoms with van der Waals surface area (Å²) in [5.74, 6) is 0.169. The normalized spacial score (nSPS) is 23.8. The first-order chi connectivity index (χ1) is 7.97. The van der Waals surface area contributed by atoms with Crippen molar-refractivity contribution < 1.29 is 8.42 Å². The van der Waals surface area contributed by atoms with Crippen molar-refractivity contribution in [1.29, 1.82) is 5.41 Å². The molecule has 0 aromatic rings. The van der Waals surface area contributed by atoms with Gasteiger partial charge >= 0.3 is 0 Å². The van der Waals surface area contributed by atoms with E-state index in [9.17, 15) is 8.42 Å². The zero-order chi connectivity index (χ0) is 12.5. The fourth-order valence-corrected chi connectivity index (χ4v) is 3.81. The lowest BCUT2D eigenvalue weighted by Gasteiger charge is -2.31. The molecule has 1 aliphatic heterocycles. The van der Waals surface area contributed by atoms with Crippen LogP contribution in [0.1, 0.15) is 25.7 Å². The van der Waals surface area contributed by atoms with Crippen LogP contribution in [0.25, 0.3) is 0 Å². The van der Waals surface area contributed by atoms with Gasteiger partial charge in [-0.25, -0.2) is 13.1 Å². The van der Waals surface area contributed by atoms with E-state index in [0.29, 0.717) is 6.54 Å². The van der Waals surface area contributed by atoms with Gasteiger partial charge in [0.15, 0.2) is 0 Å². The van der Waals surface area contributed by atoms with E-state index in [2.05, 4.69) is 9.62 Å². The third-order valence-corrected chi connectivity index (χ3v) is 5.29. The zero-order valence-electron chi connectivity index (χ0n) is 9.85. The maximum Gasteiger partial charge on any atom is 0.214 e. The summed E-state index contributed by atoms with van der Waals surface area (Å²) in [4.78, 5) is 2.09. The van der Waals surface area contributed by atoms with Gasteiger partial charge in [0.05, 0.1) is 11.8 Å². The molecule has 0 amide bonds. The average Bonchev–Trinajstić information content (AvgIpc) is 3.03. The van der Waals surface area contributed by atoms with Crippen molar-refractivity contribution in [2.75, 3.05) is 19.6 Å². The van der Waals surface area contributed by atoms with E-state index in [-0.39, 0.29) is 17.1 Å². The van der Waals surface area contributed by atoms with Crippen LogP contribution in [0.5, 0.6) is 0 Å². The van der Waals surface area contributed by atoms with Crippen LogP contribution in [-0.2, 0) is 10.0 Å². The van der Waals surface area contributed by atoms with E-state index in [0.717, 1.165) is 38.8 Å². The molecular weight excluding hydrogens is 240 g/mol. The van der Waals surface area contributed by atoms with Gasteiger partial charge in [-0.05, 0) is 25.7 Å². The molecule has 0 unspecified atom stereocenters. The van der Waals surface area contributed by atoms with Crippen LogP contribution >= 0.6 is 0 Å². The van der Waals surface area contributed by atoms with Crippen molar-refractivity contribution in [1.82, 2.24) is 9.62 Å². The van der Waals surface area contributed by atoms with Crippen molar-refractivity contribution in [2.45, 2.75) is 37.0 Å².